The molecule has 20 heavy (non-hydrogen) atoms. The van der Waals surface area contributed by atoms with Crippen LogP contribution in [-0.4, -0.2) is 17.6 Å². The first-order valence-electron chi connectivity index (χ1n) is 6.53. The van der Waals surface area contributed by atoms with Gasteiger partial charge in [0.25, 0.3) is 5.91 Å². The van der Waals surface area contributed by atoms with Gasteiger partial charge in [0, 0.05) is 5.56 Å². The zero-order valence-electron chi connectivity index (χ0n) is 11.9. The van der Waals surface area contributed by atoms with Gasteiger partial charge in [0.15, 0.2) is 5.76 Å². The standard InChI is InChI=1S/C16H19NO3/c1-11-9-12(2)20-14(11)15(18)17-10-16(3,19)13-7-5-4-6-8-13/h4-9,19H,10H2,1-3H3,(H,17,18). The summed E-state index contributed by atoms with van der Waals surface area (Å²) >= 11 is 0. The third kappa shape index (κ3) is 3.08. The molecular formula is C16H19NO3. The van der Waals surface area contributed by atoms with E-state index in [1.54, 1.807) is 13.8 Å². The first kappa shape index (κ1) is 14.3. The summed E-state index contributed by atoms with van der Waals surface area (Å²) < 4.78 is 5.35. The maximum Gasteiger partial charge on any atom is 0.287 e. The minimum Gasteiger partial charge on any atom is -0.456 e. The predicted octanol–water partition coefficient (Wildman–Crippen LogP) is 2.53. The highest BCUT2D eigenvalue weighted by atomic mass is 16.4. The smallest absolute Gasteiger partial charge is 0.287 e. The first-order chi connectivity index (χ1) is 9.40. The number of benzene rings is 1. The summed E-state index contributed by atoms with van der Waals surface area (Å²) in [6.45, 7) is 5.41. The van der Waals surface area contributed by atoms with Crippen LogP contribution in [0, 0.1) is 13.8 Å². The molecule has 0 aliphatic heterocycles. The number of hydrogen-bond acceptors (Lipinski definition) is 3. The molecule has 4 heteroatoms. The van der Waals surface area contributed by atoms with Gasteiger partial charge >= 0.3 is 0 Å². The Balaban J connectivity index is 2.05. The molecule has 2 aromatic rings. The number of nitrogens with one attached hydrogen (secondary N) is 1. The van der Waals surface area contributed by atoms with Crippen molar-refractivity contribution in [3.63, 3.8) is 0 Å². The van der Waals surface area contributed by atoms with Crippen molar-refractivity contribution in [1.82, 2.24) is 5.32 Å². The number of carbonyl (C=O) groups is 1. The van der Waals surface area contributed by atoms with Gasteiger partial charge in [-0.05, 0) is 32.4 Å². The fraction of sp³-hybridized carbons (Fsp3) is 0.312. The molecule has 2 rings (SSSR count). The van der Waals surface area contributed by atoms with Crippen LogP contribution in [0.4, 0.5) is 0 Å². The Kier molecular flexibility index (Phi) is 3.95. The van der Waals surface area contributed by atoms with E-state index in [0.717, 1.165) is 11.1 Å². The fourth-order valence-corrected chi connectivity index (χ4v) is 2.10. The monoisotopic (exact) mass is 273 g/mol. The van der Waals surface area contributed by atoms with Crippen LogP contribution in [0.15, 0.2) is 40.8 Å². The molecule has 106 valence electrons. The highest BCUT2D eigenvalue weighted by molar-refractivity contribution is 5.92. The molecule has 1 unspecified atom stereocenters. The molecule has 1 atom stereocenters. The Bertz CT molecular complexity index is 599. The molecule has 1 heterocycles. The van der Waals surface area contributed by atoms with E-state index in [-0.39, 0.29) is 12.5 Å². The van der Waals surface area contributed by atoms with Gasteiger partial charge in [-0.1, -0.05) is 30.3 Å². The summed E-state index contributed by atoms with van der Waals surface area (Å²) in [5, 5.41) is 13.1. The number of aliphatic hydroxyl groups is 1. The van der Waals surface area contributed by atoms with Crippen LogP contribution in [0.25, 0.3) is 0 Å². The normalized spacial score (nSPS) is 13.8. The Hall–Kier alpha value is -2.07. The molecular weight excluding hydrogens is 254 g/mol. The second kappa shape index (κ2) is 5.51. The molecule has 0 bridgehead atoms. The van der Waals surface area contributed by atoms with Crippen molar-refractivity contribution >= 4 is 5.91 Å². The highest BCUT2D eigenvalue weighted by Gasteiger charge is 2.24. The van der Waals surface area contributed by atoms with Crippen molar-refractivity contribution in [2.75, 3.05) is 6.54 Å². The predicted molar refractivity (Wildman–Crippen MR) is 76.5 cm³/mol. The Morgan fingerprint density at radius 1 is 1.30 bits per heavy atom. The number of rotatable bonds is 4. The minimum absolute atomic E-state index is 0.120. The summed E-state index contributed by atoms with van der Waals surface area (Å²) in [5.41, 5.74) is 0.430. The molecule has 1 aromatic carbocycles. The van der Waals surface area contributed by atoms with Crippen molar-refractivity contribution in [1.29, 1.82) is 0 Å². The third-order valence-corrected chi connectivity index (χ3v) is 3.24. The largest absolute Gasteiger partial charge is 0.456 e. The van der Waals surface area contributed by atoms with Gasteiger partial charge < -0.3 is 14.8 Å². The van der Waals surface area contributed by atoms with Crippen molar-refractivity contribution in [2.24, 2.45) is 0 Å². The molecule has 0 aliphatic carbocycles. The fourth-order valence-electron chi connectivity index (χ4n) is 2.10. The van der Waals surface area contributed by atoms with E-state index in [1.807, 2.05) is 43.3 Å². The summed E-state index contributed by atoms with van der Waals surface area (Å²) in [5.74, 6) is 0.681. The van der Waals surface area contributed by atoms with Crippen molar-refractivity contribution < 1.29 is 14.3 Å². The van der Waals surface area contributed by atoms with Crippen molar-refractivity contribution in [2.45, 2.75) is 26.4 Å². The van der Waals surface area contributed by atoms with Crippen molar-refractivity contribution in [3.05, 3.63) is 59.0 Å². The summed E-state index contributed by atoms with van der Waals surface area (Å²) in [4.78, 5) is 12.0. The molecule has 0 radical (unpaired) electrons. The third-order valence-electron chi connectivity index (χ3n) is 3.24. The SMILES string of the molecule is Cc1cc(C)c(C(=O)NCC(C)(O)c2ccccc2)o1. The van der Waals surface area contributed by atoms with E-state index in [4.69, 9.17) is 4.42 Å². The second-order valence-electron chi connectivity index (χ2n) is 5.19. The van der Waals surface area contributed by atoms with Crippen LogP contribution in [0.2, 0.25) is 0 Å². The van der Waals surface area contributed by atoms with Gasteiger partial charge in [-0.25, -0.2) is 0 Å². The van der Waals surface area contributed by atoms with Crippen molar-refractivity contribution in [3.8, 4) is 0 Å². The lowest BCUT2D eigenvalue weighted by Crippen LogP contribution is -2.38. The van der Waals surface area contributed by atoms with Crippen LogP contribution < -0.4 is 5.32 Å². The van der Waals surface area contributed by atoms with Crippen LogP contribution >= 0.6 is 0 Å². The zero-order chi connectivity index (χ0) is 14.8. The summed E-state index contributed by atoms with van der Waals surface area (Å²) in [7, 11) is 0. The second-order valence-corrected chi connectivity index (χ2v) is 5.19. The van der Waals surface area contributed by atoms with Gasteiger partial charge in [0.2, 0.25) is 0 Å². The molecule has 0 saturated heterocycles. The number of amides is 1. The Morgan fingerprint density at radius 2 is 1.95 bits per heavy atom. The summed E-state index contributed by atoms with van der Waals surface area (Å²) in [6.07, 6.45) is 0. The molecule has 1 aromatic heterocycles. The van der Waals surface area contributed by atoms with Gasteiger partial charge in [-0.2, -0.15) is 0 Å². The number of hydrogen-bond donors (Lipinski definition) is 2. The van der Waals surface area contributed by atoms with Crippen LogP contribution in [-0.2, 0) is 5.60 Å². The molecule has 1 amide bonds. The molecule has 2 N–H and O–H groups in total. The number of aryl methyl sites for hydroxylation is 2. The zero-order valence-corrected chi connectivity index (χ0v) is 11.9. The van der Waals surface area contributed by atoms with E-state index < -0.39 is 5.60 Å². The lowest BCUT2D eigenvalue weighted by atomic mass is 9.96. The van der Waals surface area contributed by atoms with Crippen LogP contribution in [0.5, 0.6) is 0 Å². The highest BCUT2D eigenvalue weighted by Crippen LogP contribution is 2.19. The average molecular weight is 273 g/mol. The topological polar surface area (TPSA) is 62.5 Å². The Labute approximate surface area is 118 Å². The lowest BCUT2D eigenvalue weighted by molar-refractivity contribution is 0.0518. The van der Waals surface area contributed by atoms with Gasteiger partial charge in [-0.3, -0.25) is 4.79 Å². The summed E-state index contributed by atoms with van der Waals surface area (Å²) in [6, 6.07) is 11.1. The quantitative estimate of drug-likeness (QED) is 0.899. The Morgan fingerprint density at radius 3 is 2.50 bits per heavy atom. The maximum atomic E-state index is 12.0. The average Bonchev–Trinajstić information content (AvgIpc) is 2.76. The molecule has 0 spiro atoms. The molecule has 0 aliphatic rings. The van der Waals surface area contributed by atoms with E-state index in [2.05, 4.69) is 5.32 Å². The number of furan rings is 1. The van der Waals surface area contributed by atoms with Gasteiger partial charge in [-0.15, -0.1) is 0 Å². The minimum atomic E-state index is -1.12. The first-order valence-corrected chi connectivity index (χ1v) is 6.53. The number of carbonyl (C=O) groups excluding carboxylic acids is 1. The molecule has 4 nitrogen and oxygen atoms in total. The van der Waals surface area contributed by atoms with Crippen LogP contribution in [0.1, 0.15) is 34.4 Å². The van der Waals surface area contributed by atoms with E-state index >= 15 is 0 Å². The maximum absolute atomic E-state index is 12.0. The van der Waals surface area contributed by atoms with E-state index in [1.165, 1.54) is 0 Å². The van der Waals surface area contributed by atoms with Gasteiger partial charge in [0.1, 0.15) is 11.4 Å². The lowest BCUT2D eigenvalue weighted by Gasteiger charge is -2.24. The molecule has 0 saturated carbocycles. The van der Waals surface area contributed by atoms with E-state index in [9.17, 15) is 9.90 Å². The van der Waals surface area contributed by atoms with Gasteiger partial charge in [0.05, 0.1) is 6.54 Å². The van der Waals surface area contributed by atoms with Crippen LogP contribution in [0.3, 0.4) is 0 Å². The molecule has 0 fully saturated rings. The van der Waals surface area contributed by atoms with E-state index in [0.29, 0.717) is 11.5 Å².